The Balaban J connectivity index is 1.94. The Morgan fingerprint density at radius 1 is 1.14 bits per heavy atom. The molecule has 3 aromatic heterocycles. The van der Waals surface area contributed by atoms with Crippen molar-refractivity contribution < 1.29 is 22.8 Å². The van der Waals surface area contributed by atoms with E-state index in [1.165, 1.54) is 12.3 Å². The number of H-pyrrole nitrogens is 1. The van der Waals surface area contributed by atoms with Crippen LogP contribution in [0.1, 0.15) is 38.8 Å². The predicted molar refractivity (Wildman–Crippen MR) is 130 cm³/mol. The molecule has 0 aliphatic rings. The van der Waals surface area contributed by atoms with Crippen LogP contribution in [-0.4, -0.2) is 39.5 Å². The number of aromatic nitrogens is 3. The maximum atomic E-state index is 12.8. The molecule has 5 N–H and O–H groups in total. The molecular weight excluding hydrogens is 473 g/mol. The molecule has 0 saturated heterocycles. The number of amides is 2. The number of carbonyl (C=O) groups excluding carboxylic acids is 2. The fourth-order valence-corrected chi connectivity index (χ4v) is 3.75. The summed E-state index contributed by atoms with van der Waals surface area (Å²) in [6.07, 6.45) is 3.27. The average Bonchev–Trinajstić information content (AvgIpc) is 3.23. The number of nitrogens with zero attached hydrogens (tertiary/aromatic N) is 2. The number of fused-ring (bicyclic) bond motifs is 1. The first-order valence-electron chi connectivity index (χ1n) is 11.3. The van der Waals surface area contributed by atoms with Crippen LogP contribution in [0.5, 0.6) is 0 Å². The van der Waals surface area contributed by atoms with Crippen LogP contribution in [0.2, 0.25) is 0 Å². The molecule has 8 nitrogen and oxygen atoms in total. The molecule has 0 saturated carbocycles. The molecule has 0 bridgehead atoms. The third-order valence-corrected chi connectivity index (χ3v) is 5.74. The monoisotopic (exact) mass is 502 g/mol. The number of nitrogens with two attached hydrogens (primary N) is 1. The van der Waals surface area contributed by atoms with Gasteiger partial charge in [-0.05, 0) is 37.5 Å². The van der Waals surface area contributed by atoms with Crippen molar-refractivity contribution in [3.8, 4) is 11.1 Å². The van der Waals surface area contributed by atoms with E-state index in [0.717, 1.165) is 16.5 Å². The van der Waals surface area contributed by atoms with Gasteiger partial charge < -0.3 is 21.4 Å². The van der Waals surface area contributed by atoms with E-state index in [4.69, 9.17) is 5.73 Å². The van der Waals surface area contributed by atoms with Crippen molar-refractivity contribution in [1.29, 1.82) is 0 Å². The summed E-state index contributed by atoms with van der Waals surface area (Å²) < 4.78 is 38.1. The second-order valence-electron chi connectivity index (χ2n) is 9.17. The zero-order chi connectivity index (χ0) is 26.7. The van der Waals surface area contributed by atoms with E-state index in [1.54, 1.807) is 38.5 Å². The van der Waals surface area contributed by atoms with E-state index in [0.29, 0.717) is 16.8 Å². The molecule has 1 unspecified atom stereocenters. The summed E-state index contributed by atoms with van der Waals surface area (Å²) in [6, 6.07) is 3.52. The maximum Gasteiger partial charge on any atom is 0.405 e. The van der Waals surface area contributed by atoms with Gasteiger partial charge in [0.1, 0.15) is 17.7 Å². The maximum absolute atomic E-state index is 12.8. The highest BCUT2D eigenvalue weighted by Gasteiger charge is 2.41. The van der Waals surface area contributed by atoms with Gasteiger partial charge in [-0.1, -0.05) is 19.4 Å². The zero-order valence-electron chi connectivity index (χ0n) is 20.5. The fourth-order valence-electron chi connectivity index (χ4n) is 3.75. The van der Waals surface area contributed by atoms with Gasteiger partial charge in [0.25, 0.3) is 0 Å². The number of rotatable bonds is 8. The topological polar surface area (TPSA) is 126 Å². The SMILES string of the molecule is CC(C)=CC(=O)NCc1cnc2[nH]cc(-c3cncc(C(N)(C(=O)NCC(F)(F)F)C(C)C)c3)c2c1. The van der Waals surface area contributed by atoms with Crippen molar-refractivity contribution in [2.45, 2.75) is 46.0 Å². The number of nitrogens with one attached hydrogen (secondary N) is 3. The molecule has 0 spiro atoms. The molecule has 0 radical (unpaired) electrons. The Morgan fingerprint density at radius 3 is 2.50 bits per heavy atom. The van der Waals surface area contributed by atoms with E-state index in [-0.39, 0.29) is 18.0 Å². The first kappa shape index (κ1) is 26.9. The van der Waals surface area contributed by atoms with Crippen molar-refractivity contribution in [1.82, 2.24) is 25.6 Å². The first-order valence-corrected chi connectivity index (χ1v) is 11.3. The molecule has 3 rings (SSSR count). The predicted octanol–water partition coefficient (Wildman–Crippen LogP) is 3.70. The normalized spacial score (nSPS) is 13.4. The van der Waals surface area contributed by atoms with E-state index < -0.39 is 30.1 Å². The molecule has 3 heterocycles. The third-order valence-electron chi connectivity index (χ3n) is 5.74. The number of halogens is 3. The second-order valence-corrected chi connectivity index (χ2v) is 9.17. The highest BCUT2D eigenvalue weighted by atomic mass is 19.4. The van der Waals surface area contributed by atoms with E-state index in [9.17, 15) is 22.8 Å². The van der Waals surface area contributed by atoms with Crippen LogP contribution < -0.4 is 16.4 Å². The summed E-state index contributed by atoms with van der Waals surface area (Å²) in [5.74, 6) is -1.68. The second kappa shape index (κ2) is 10.5. The van der Waals surface area contributed by atoms with Gasteiger partial charge in [-0.3, -0.25) is 14.6 Å². The van der Waals surface area contributed by atoms with E-state index in [1.807, 2.05) is 25.2 Å². The first-order chi connectivity index (χ1) is 16.8. The standard InChI is InChI=1S/C25H29F3N6O2/c1-14(2)5-21(35)31-8-16-6-19-20(12-33-22(19)32-9-16)17-7-18(11-30-10-17)25(29,15(3)4)23(36)34-13-24(26,27)28/h5-7,9-12,15H,8,13,29H2,1-4H3,(H,31,35)(H,32,33)(H,34,36). The summed E-state index contributed by atoms with van der Waals surface area (Å²) in [4.78, 5) is 36.4. The highest BCUT2D eigenvalue weighted by Crippen LogP contribution is 2.33. The van der Waals surface area contributed by atoms with Crippen LogP contribution in [0.25, 0.3) is 22.2 Å². The van der Waals surface area contributed by atoms with Crippen molar-refractivity contribution in [2.24, 2.45) is 11.7 Å². The lowest BCUT2D eigenvalue weighted by molar-refractivity contribution is -0.143. The Kier molecular flexibility index (Phi) is 7.83. The smallest absolute Gasteiger partial charge is 0.348 e. The molecule has 0 fully saturated rings. The minimum Gasteiger partial charge on any atom is -0.348 e. The molecule has 11 heteroatoms. The Morgan fingerprint density at radius 2 is 1.86 bits per heavy atom. The summed E-state index contributed by atoms with van der Waals surface area (Å²) in [6.45, 7) is 5.77. The largest absolute Gasteiger partial charge is 0.405 e. The minimum atomic E-state index is -4.56. The number of aromatic amines is 1. The Labute approximate surface area is 206 Å². The summed E-state index contributed by atoms with van der Waals surface area (Å²) >= 11 is 0. The summed E-state index contributed by atoms with van der Waals surface area (Å²) in [7, 11) is 0. The van der Waals surface area contributed by atoms with Gasteiger partial charge in [-0.15, -0.1) is 0 Å². The van der Waals surface area contributed by atoms with Crippen LogP contribution in [-0.2, 0) is 21.7 Å². The number of hydrogen-bond acceptors (Lipinski definition) is 5. The molecule has 3 aromatic rings. The summed E-state index contributed by atoms with van der Waals surface area (Å²) in [5, 5.41) is 5.45. The van der Waals surface area contributed by atoms with Gasteiger partial charge in [0.15, 0.2) is 0 Å². The molecule has 0 aliphatic carbocycles. The van der Waals surface area contributed by atoms with Gasteiger partial charge in [-0.2, -0.15) is 13.2 Å². The van der Waals surface area contributed by atoms with Crippen LogP contribution in [0, 0.1) is 5.92 Å². The van der Waals surface area contributed by atoms with Gasteiger partial charge >= 0.3 is 6.18 Å². The molecule has 0 aliphatic heterocycles. The van der Waals surface area contributed by atoms with Crippen LogP contribution >= 0.6 is 0 Å². The van der Waals surface area contributed by atoms with Gasteiger partial charge in [0.2, 0.25) is 11.8 Å². The van der Waals surface area contributed by atoms with Crippen molar-refractivity contribution in [3.63, 3.8) is 0 Å². The Bertz CT molecular complexity index is 1290. The molecule has 1 atom stereocenters. The number of carbonyl (C=O) groups is 2. The highest BCUT2D eigenvalue weighted by molar-refractivity contribution is 5.94. The van der Waals surface area contributed by atoms with E-state index >= 15 is 0 Å². The lowest BCUT2D eigenvalue weighted by Gasteiger charge is -2.32. The van der Waals surface area contributed by atoms with Crippen molar-refractivity contribution >= 4 is 22.8 Å². The molecule has 36 heavy (non-hydrogen) atoms. The Hall–Kier alpha value is -3.73. The van der Waals surface area contributed by atoms with Crippen LogP contribution in [0.15, 0.2) is 48.6 Å². The molecule has 192 valence electrons. The van der Waals surface area contributed by atoms with Crippen molar-refractivity contribution in [3.05, 3.63) is 59.7 Å². The minimum absolute atomic E-state index is 0.210. The van der Waals surface area contributed by atoms with Gasteiger partial charge in [-0.25, -0.2) is 4.98 Å². The van der Waals surface area contributed by atoms with Crippen LogP contribution in [0.4, 0.5) is 13.2 Å². The number of hydrogen-bond donors (Lipinski definition) is 4. The fraction of sp³-hybridized carbons (Fsp3) is 0.360. The number of alkyl halides is 3. The lowest BCUT2D eigenvalue weighted by atomic mass is 9.80. The van der Waals surface area contributed by atoms with Crippen LogP contribution in [0.3, 0.4) is 0 Å². The number of pyridine rings is 2. The zero-order valence-corrected chi connectivity index (χ0v) is 20.5. The summed E-state index contributed by atoms with van der Waals surface area (Å²) in [5.41, 5.74) is 8.52. The van der Waals surface area contributed by atoms with Gasteiger partial charge in [0, 0.05) is 59.5 Å². The average molecular weight is 503 g/mol. The number of allylic oxidation sites excluding steroid dienone is 1. The quantitative estimate of drug-likeness (QED) is 0.350. The molecular formula is C25H29F3N6O2. The molecule has 0 aromatic carbocycles. The van der Waals surface area contributed by atoms with Crippen molar-refractivity contribution in [2.75, 3.05) is 6.54 Å². The van der Waals surface area contributed by atoms with E-state index in [2.05, 4.69) is 20.3 Å². The lowest BCUT2D eigenvalue weighted by Crippen LogP contribution is -2.56. The van der Waals surface area contributed by atoms with Gasteiger partial charge in [0.05, 0.1) is 0 Å². The third kappa shape index (κ3) is 6.09. The molecule has 2 amide bonds.